The molecule has 164 valence electrons. The smallest absolute Gasteiger partial charge is 0.294 e. The molecule has 0 saturated heterocycles. The zero-order valence-corrected chi connectivity index (χ0v) is 17.7. The Labute approximate surface area is 183 Å². The number of carbonyl (C=O) groups excluding carboxylic acids is 1. The number of halogens is 1. The van der Waals surface area contributed by atoms with E-state index in [0.29, 0.717) is 46.4 Å². The Bertz CT molecular complexity index is 1290. The summed E-state index contributed by atoms with van der Waals surface area (Å²) in [6.07, 6.45) is 0. The van der Waals surface area contributed by atoms with Gasteiger partial charge in [0.2, 0.25) is 5.95 Å². The van der Waals surface area contributed by atoms with E-state index in [-0.39, 0.29) is 11.8 Å². The number of aryl methyl sites for hydroxylation is 1. The predicted octanol–water partition coefficient (Wildman–Crippen LogP) is 3.68. The normalized spacial score (nSPS) is 10.8. The standard InChI is InChI=1S/C22H21FN6O3/c1-12-18(31-2)19(24-11-13-6-4-7-14(23)10-13)28-21(25-12)29-20(30)15-8-5-9-16-17(15)27-22(26-16)32-3/h4-10H,11H2,1-3H3,(H,26,27)(H2,24,25,28,29,30). The number of imidazole rings is 1. The van der Waals surface area contributed by atoms with Gasteiger partial charge in [-0.2, -0.15) is 9.97 Å². The molecule has 0 fully saturated rings. The minimum absolute atomic E-state index is 0.0922. The van der Waals surface area contributed by atoms with Crippen LogP contribution in [0.1, 0.15) is 21.6 Å². The van der Waals surface area contributed by atoms with Gasteiger partial charge in [0, 0.05) is 6.54 Å². The van der Waals surface area contributed by atoms with Crippen LogP contribution in [0.25, 0.3) is 11.0 Å². The number of nitrogens with zero attached hydrogens (tertiary/aromatic N) is 3. The lowest BCUT2D eigenvalue weighted by atomic mass is 10.2. The number of carbonyl (C=O) groups is 1. The van der Waals surface area contributed by atoms with Crippen LogP contribution >= 0.6 is 0 Å². The number of amides is 1. The molecule has 9 nitrogen and oxygen atoms in total. The largest absolute Gasteiger partial charge is 0.491 e. The Morgan fingerprint density at radius 2 is 1.91 bits per heavy atom. The summed E-state index contributed by atoms with van der Waals surface area (Å²) in [5.74, 6) is 0.143. The molecule has 4 rings (SSSR count). The third kappa shape index (κ3) is 4.29. The van der Waals surface area contributed by atoms with Gasteiger partial charge in [-0.15, -0.1) is 0 Å². The SMILES string of the molecule is COc1nc2c(C(=O)Nc3nc(C)c(OC)c(NCc4cccc(F)c4)n3)cccc2[nH]1. The number of hydrogen-bond donors (Lipinski definition) is 3. The van der Waals surface area contributed by atoms with Crippen molar-refractivity contribution >= 4 is 28.7 Å². The summed E-state index contributed by atoms with van der Waals surface area (Å²) >= 11 is 0. The van der Waals surface area contributed by atoms with Gasteiger partial charge in [0.25, 0.3) is 11.9 Å². The van der Waals surface area contributed by atoms with Gasteiger partial charge in [-0.25, -0.2) is 9.37 Å². The molecule has 2 heterocycles. The summed E-state index contributed by atoms with van der Waals surface area (Å²) in [6, 6.07) is 11.7. The highest BCUT2D eigenvalue weighted by atomic mass is 19.1. The fourth-order valence-electron chi connectivity index (χ4n) is 3.27. The number of ether oxygens (including phenoxy) is 2. The van der Waals surface area contributed by atoms with Crippen LogP contribution in [0.3, 0.4) is 0 Å². The van der Waals surface area contributed by atoms with E-state index in [4.69, 9.17) is 9.47 Å². The van der Waals surface area contributed by atoms with Crippen LogP contribution in [-0.4, -0.2) is 40.1 Å². The van der Waals surface area contributed by atoms with Crippen LogP contribution in [0.2, 0.25) is 0 Å². The molecule has 1 amide bonds. The van der Waals surface area contributed by atoms with Gasteiger partial charge < -0.3 is 19.8 Å². The van der Waals surface area contributed by atoms with Crippen LogP contribution in [0, 0.1) is 12.7 Å². The molecule has 0 unspecified atom stereocenters. The van der Waals surface area contributed by atoms with E-state index in [1.54, 1.807) is 37.3 Å². The van der Waals surface area contributed by atoms with Gasteiger partial charge >= 0.3 is 0 Å². The van der Waals surface area contributed by atoms with Crippen LogP contribution < -0.4 is 20.1 Å². The molecule has 2 aromatic heterocycles. The number of aromatic nitrogens is 4. The summed E-state index contributed by atoms with van der Waals surface area (Å²) in [5, 5.41) is 5.82. The second-order valence-corrected chi connectivity index (χ2v) is 6.90. The Kier molecular flexibility index (Phi) is 5.84. The van der Waals surface area contributed by atoms with E-state index < -0.39 is 5.91 Å². The minimum Gasteiger partial charge on any atom is -0.491 e. The Hall–Kier alpha value is -4.21. The van der Waals surface area contributed by atoms with Crippen LogP contribution in [0.15, 0.2) is 42.5 Å². The number of hydrogen-bond acceptors (Lipinski definition) is 7. The molecule has 0 aliphatic rings. The summed E-state index contributed by atoms with van der Waals surface area (Å²) in [4.78, 5) is 28.9. The number of aromatic amines is 1. The first-order valence-corrected chi connectivity index (χ1v) is 9.73. The molecule has 32 heavy (non-hydrogen) atoms. The van der Waals surface area contributed by atoms with Gasteiger partial charge in [-0.1, -0.05) is 18.2 Å². The average molecular weight is 436 g/mol. The molecular formula is C22H21FN6O3. The Morgan fingerprint density at radius 1 is 1.09 bits per heavy atom. The average Bonchev–Trinajstić information content (AvgIpc) is 3.21. The minimum atomic E-state index is -0.426. The third-order valence-electron chi connectivity index (χ3n) is 4.74. The second kappa shape index (κ2) is 8.88. The number of rotatable bonds is 7. The fourth-order valence-corrected chi connectivity index (χ4v) is 3.27. The molecule has 0 bridgehead atoms. The van der Waals surface area contributed by atoms with Crippen molar-refractivity contribution in [3.05, 3.63) is 65.1 Å². The molecule has 3 N–H and O–H groups in total. The fraction of sp³-hybridized carbons (Fsp3) is 0.182. The van der Waals surface area contributed by atoms with Crippen molar-refractivity contribution in [2.24, 2.45) is 0 Å². The van der Waals surface area contributed by atoms with Gasteiger partial charge in [0.05, 0.1) is 31.0 Å². The first-order chi connectivity index (χ1) is 15.5. The lowest BCUT2D eigenvalue weighted by molar-refractivity contribution is 0.102. The lowest BCUT2D eigenvalue weighted by Gasteiger charge is -2.14. The predicted molar refractivity (Wildman–Crippen MR) is 118 cm³/mol. The number of nitrogens with one attached hydrogen (secondary N) is 3. The van der Waals surface area contributed by atoms with Crippen molar-refractivity contribution in [1.82, 2.24) is 19.9 Å². The zero-order valence-electron chi connectivity index (χ0n) is 17.7. The first-order valence-electron chi connectivity index (χ1n) is 9.73. The summed E-state index contributed by atoms with van der Waals surface area (Å²) in [7, 11) is 2.99. The topological polar surface area (TPSA) is 114 Å². The highest BCUT2D eigenvalue weighted by molar-refractivity contribution is 6.11. The van der Waals surface area contributed by atoms with E-state index in [9.17, 15) is 9.18 Å². The summed E-state index contributed by atoms with van der Waals surface area (Å²) in [6.45, 7) is 2.05. The van der Waals surface area contributed by atoms with Crippen LogP contribution in [0.4, 0.5) is 16.2 Å². The van der Waals surface area contributed by atoms with E-state index in [1.165, 1.54) is 26.4 Å². The van der Waals surface area contributed by atoms with Gasteiger partial charge in [0.15, 0.2) is 11.6 Å². The van der Waals surface area contributed by atoms with Gasteiger partial charge in [0.1, 0.15) is 11.3 Å². The second-order valence-electron chi connectivity index (χ2n) is 6.90. The van der Waals surface area contributed by atoms with Gasteiger partial charge in [-0.3, -0.25) is 10.1 Å². The number of H-pyrrole nitrogens is 1. The van der Waals surface area contributed by atoms with E-state index in [1.807, 2.05) is 0 Å². The van der Waals surface area contributed by atoms with Crippen molar-refractivity contribution in [2.45, 2.75) is 13.5 Å². The lowest BCUT2D eigenvalue weighted by Crippen LogP contribution is -2.16. The van der Waals surface area contributed by atoms with Crippen molar-refractivity contribution in [1.29, 1.82) is 0 Å². The molecule has 4 aromatic rings. The quantitative estimate of drug-likeness (QED) is 0.405. The Balaban J connectivity index is 1.60. The van der Waals surface area contributed by atoms with Crippen LogP contribution in [0.5, 0.6) is 11.8 Å². The first kappa shape index (κ1) is 21.0. The number of benzene rings is 2. The van der Waals surface area contributed by atoms with Crippen molar-refractivity contribution in [2.75, 3.05) is 24.9 Å². The molecule has 0 radical (unpaired) electrons. The molecule has 0 aliphatic carbocycles. The maximum atomic E-state index is 13.5. The molecule has 0 atom stereocenters. The van der Waals surface area contributed by atoms with Crippen LogP contribution in [-0.2, 0) is 6.54 Å². The van der Waals surface area contributed by atoms with Crippen molar-refractivity contribution < 1.29 is 18.7 Å². The number of anilines is 2. The maximum absolute atomic E-state index is 13.5. The van der Waals surface area contributed by atoms with Gasteiger partial charge in [-0.05, 0) is 36.8 Å². The van der Waals surface area contributed by atoms with E-state index in [0.717, 1.165) is 5.56 Å². The molecule has 0 aliphatic heterocycles. The maximum Gasteiger partial charge on any atom is 0.294 e. The molecule has 0 spiro atoms. The summed E-state index contributed by atoms with van der Waals surface area (Å²) < 4.78 is 24.0. The zero-order chi connectivity index (χ0) is 22.7. The Morgan fingerprint density at radius 3 is 2.66 bits per heavy atom. The van der Waals surface area contributed by atoms with Crippen molar-refractivity contribution in [3.63, 3.8) is 0 Å². The monoisotopic (exact) mass is 436 g/mol. The highest BCUT2D eigenvalue weighted by Gasteiger charge is 2.18. The molecular weight excluding hydrogens is 415 g/mol. The third-order valence-corrected chi connectivity index (χ3v) is 4.74. The van der Waals surface area contributed by atoms with E-state index in [2.05, 4.69) is 30.6 Å². The number of para-hydroxylation sites is 1. The summed E-state index contributed by atoms with van der Waals surface area (Å²) in [5.41, 5.74) is 2.73. The van der Waals surface area contributed by atoms with E-state index >= 15 is 0 Å². The molecule has 10 heteroatoms. The molecule has 2 aromatic carbocycles. The molecule has 0 saturated carbocycles. The number of methoxy groups -OCH3 is 2. The van der Waals surface area contributed by atoms with Crippen molar-refractivity contribution in [3.8, 4) is 11.8 Å². The highest BCUT2D eigenvalue weighted by Crippen LogP contribution is 2.28. The number of fused-ring (bicyclic) bond motifs is 1.